The molecule has 2 unspecified atom stereocenters. The lowest BCUT2D eigenvalue weighted by atomic mass is 9.89. The van der Waals surface area contributed by atoms with Gasteiger partial charge < -0.3 is 20.7 Å². The summed E-state index contributed by atoms with van der Waals surface area (Å²) < 4.78 is 30.5. The Morgan fingerprint density at radius 3 is 2.14 bits per heavy atom. The number of ketones is 1. The molecule has 3 rings (SSSR count). The van der Waals surface area contributed by atoms with Crippen LogP contribution in [-0.2, 0) is 32.2 Å². The van der Waals surface area contributed by atoms with E-state index in [1.54, 1.807) is 4.90 Å². The van der Waals surface area contributed by atoms with Gasteiger partial charge in [0.2, 0.25) is 0 Å². The van der Waals surface area contributed by atoms with Crippen LogP contribution in [0.4, 0.5) is 4.79 Å². The van der Waals surface area contributed by atoms with Gasteiger partial charge in [0, 0.05) is 19.0 Å². The lowest BCUT2D eigenvalue weighted by Crippen LogP contribution is -2.55. The van der Waals surface area contributed by atoms with Crippen molar-refractivity contribution in [2.45, 2.75) is 30.7 Å². The number of amides is 2. The molecule has 1 saturated heterocycles. The number of carbonyl (C=O) groups is 2. The van der Waals surface area contributed by atoms with Crippen LogP contribution in [0, 0.1) is 5.92 Å². The Morgan fingerprint density at radius 1 is 1.00 bits per heavy atom. The van der Waals surface area contributed by atoms with Crippen LogP contribution >= 0.6 is 11.6 Å². The fourth-order valence-corrected chi connectivity index (χ4v) is 5.45. The van der Waals surface area contributed by atoms with E-state index in [0.29, 0.717) is 32.7 Å². The van der Waals surface area contributed by atoms with Crippen LogP contribution in [-0.4, -0.2) is 68.1 Å². The van der Waals surface area contributed by atoms with Gasteiger partial charge in [-0.05, 0) is 30.4 Å². The Morgan fingerprint density at radius 2 is 1.57 bits per heavy atom. The van der Waals surface area contributed by atoms with Crippen molar-refractivity contribution in [1.29, 1.82) is 0 Å². The highest BCUT2D eigenvalue weighted by molar-refractivity contribution is 7.93. The smallest absolute Gasteiger partial charge is 0.318 e. The summed E-state index contributed by atoms with van der Waals surface area (Å²) in [4.78, 5) is 28.4. The fourth-order valence-electron chi connectivity index (χ4n) is 4.10. The number of sulfone groups is 1. The monoisotopic (exact) mass is 521 g/mol. The zero-order chi connectivity index (χ0) is 25.3. The standard InChI is InChI=1S/C25H32ClN3O5S/c26-18-35(32,33)24(27)21(12-11-19-7-3-1-4-8-19)23(30)22(17-20-9-5-2-6-10-20)28-25(31)29-13-15-34-16-14-29/h1-10,21-22,24H,11-18,27H2,(H,28,31)/t21?,22?,24-/m0/s1. The Hall–Kier alpha value is -2.46. The minimum atomic E-state index is -3.92. The number of nitrogens with zero attached hydrogens (tertiary/aromatic N) is 1. The molecule has 3 N–H and O–H groups in total. The van der Waals surface area contributed by atoms with Crippen molar-refractivity contribution in [2.24, 2.45) is 11.7 Å². The molecule has 35 heavy (non-hydrogen) atoms. The predicted octanol–water partition coefficient (Wildman–Crippen LogP) is 2.35. The predicted molar refractivity (Wildman–Crippen MR) is 136 cm³/mol. The van der Waals surface area contributed by atoms with Gasteiger partial charge in [-0.1, -0.05) is 60.7 Å². The summed E-state index contributed by atoms with van der Waals surface area (Å²) in [5, 5.41) is 0.672. The molecule has 8 nitrogen and oxygen atoms in total. The van der Waals surface area contributed by atoms with Crippen molar-refractivity contribution in [3.8, 4) is 0 Å². The molecule has 1 fully saturated rings. The third-order valence-corrected chi connectivity index (χ3v) is 8.51. The molecule has 0 aliphatic carbocycles. The molecule has 2 aromatic carbocycles. The Labute approximate surface area is 211 Å². The van der Waals surface area contributed by atoms with Crippen molar-refractivity contribution in [1.82, 2.24) is 10.2 Å². The van der Waals surface area contributed by atoms with Gasteiger partial charge in [0.15, 0.2) is 15.6 Å². The number of rotatable bonds is 11. The number of hydrogen-bond acceptors (Lipinski definition) is 6. The van der Waals surface area contributed by atoms with Gasteiger partial charge in [0.1, 0.15) is 10.6 Å². The number of morpholine rings is 1. The largest absolute Gasteiger partial charge is 0.378 e. The molecule has 190 valence electrons. The van der Waals surface area contributed by atoms with Crippen LogP contribution in [0.3, 0.4) is 0 Å². The van der Waals surface area contributed by atoms with Gasteiger partial charge in [0.05, 0.1) is 19.3 Å². The van der Waals surface area contributed by atoms with Crippen molar-refractivity contribution in [3.05, 3.63) is 71.8 Å². The highest BCUT2D eigenvalue weighted by Gasteiger charge is 2.38. The minimum absolute atomic E-state index is 0.207. The number of urea groups is 1. The first kappa shape index (κ1) is 27.1. The summed E-state index contributed by atoms with van der Waals surface area (Å²) in [5.41, 5.74) is 7.94. The molecule has 0 aromatic heterocycles. The summed E-state index contributed by atoms with van der Waals surface area (Å²) in [7, 11) is -3.92. The third kappa shape index (κ3) is 7.76. The van der Waals surface area contributed by atoms with Crippen molar-refractivity contribution in [3.63, 3.8) is 0 Å². The number of alkyl halides is 1. The maximum absolute atomic E-state index is 13.8. The number of nitrogens with one attached hydrogen (secondary N) is 1. The number of nitrogens with two attached hydrogens (primary N) is 1. The van der Waals surface area contributed by atoms with Crippen molar-refractivity contribution in [2.75, 3.05) is 31.5 Å². The number of benzene rings is 2. The molecule has 2 aromatic rings. The zero-order valence-corrected chi connectivity index (χ0v) is 21.1. The average molecular weight is 522 g/mol. The van der Waals surface area contributed by atoms with E-state index in [1.165, 1.54) is 0 Å². The molecule has 1 heterocycles. The van der Waals surface area contributed by atoms with E-state index >= 15 is 0 Å². The van der Waals surface area contributed by atoms with Crippen LogP contribution in [0.25, 0.3) is 0 Å². The molecule has 0 spiro atoms. The highest BCUT2D eigenvalue weighted by Crippen LogP contribution is 2.22. The summed E-state index contributed by atoms with van der Waals surface area (Å²) in [6.07, 6.45) is 0.877. The molecular weight excluding hydrogens is 490 g/mol. The van der Waals surface area contributed by atoms with Gasteiger partial charge in [-0.25, -0.2) is 13.2 Å². The van der Waals surface area contributed by atoms with Crippen LogP contribution in [0.15, 0.2) is 60.7 Å². The zero-order valence-electron chi connectivity index (χ0n) is 19.5. The second-order valence-corrected chi connectivity index (χ2v) is 11.3. The van der Waals surface area contributed by atoms with Crippen LogP contribution in [0.5, 0.6) is 0 Å². The van der Waals surface area contributed by atoms with Gasteiger partial charge in [-0.15, -0.1) is 11.6 Å². The lowest BCUT2D eigenvalue weighted by molar-refractivity contribution is -0.125. The Kier molecular flexibility index (Phi) is 10.1. The second-order valence-electron chi connectivity index (χ2n) is 8.56. The third-order valence-electron chi connectivity index (χ3n) is 6.14. The summed E-state index contributed by atoms with van der Waals surface area (Å²) >= 11 is 5.68. The molecule has 10 heteroatoms. The molecular formula is C25H32ClN3O5S. The first-order chi connectivity index (χ1) is 16.8. The molecule has 3 atom stereocenters. The quantitative estimate of drug-likeness (QED) is 0.438. The fraction of sp³-hybridized carbons (Fsp3) is 0.440. The summed E-state index contributed by atoms with van der Waals surface area (Å²) in [6, 6.07) is 17.4. The first-order valence-electron chi connectivity index (χ1n) is 11.6. The van der Waals surface area contributed by atoms with Gasteiger partial charge in [-0.3, -0.25) is 4.79 Å². The molecule has 1 aliphatic rings. The average Bonchev–Trinajstić information content (AvgIpc) is 2.89. The number of ether oxygens (including phenoxy) is 1. The molecule has 0 radical (unpaired) electrons. The van der Waals surface area contributed by atoms with E-state index in [0.717, 1.165) is 11.1 Å². The van der Waals surface area contributed by atoms with E-state index in [4.69, 9.17) is 22.1 Å². The second kappa shape index (κ2) is 13.0. The van der Waals surface area contributed by atoms with E-state index in [-0.39, 0.29) is 12.8 Å². The lowest BCUT2D eigenvalue weighted by Gasteiger charge is -2.31. The number of carbonyl (C=O) groups excluding carboxylic acids is 2. The van der Waals surface area contributed by atoms with Crippen LogP contribution in [0.1, 0.15) is 17.5 Å². The Bertz CT molecular complexity index is 1060. The highest BCUT2D eigenvalue weighted by atomic mass is 35.5. The topological polar surface area (TPSA) is 119 Å². The number of Topliss-reactive ketones (excluding diaryl/α,β-unsaturated/α-hetero) is 1. The Balaban J connectivity index is 1.87. The number of aryl methyl sites for hydroxylation is 1. The minimum Gasteiger partial charge on any atom is -0.378 e. The maximum Gasteiger partial charge on any atom is 0.318 e. The van der Waals surface area contributed by atoms with E-state index in [1.807, 2.05) is 60.7 Å². The SMILES string of the molecule is N[C@H](C(CCc1ccccc1)C(=O)C(Cc1ccccc1)NC(=O)N1CCOCC1)S(=O)(=O)CCl. The van der Waals surface area contributed by atoms with Gasteiger partial charge >= 0.3 is 6.03 Å². The number of hydrogen-bond donors (Lipinski definition) is 2. The first-order valence-corrected chi connectivity index (χ1v) is 13.8. The van der Waals surface area contributed by atoms with Crippen LogP contribution < -0.4 is 11.1 Å². The van der Waals surface area contributed by atoms with Gasteiger partial charge in [0.25, 0.3) is 0 Å². The van der Waals surface area contributed by atoms with Crippen LogP contribution in [0.2, 0.25) is 0 Å². The number of halogens is 1. The summed E-state index contributed by atoms with van der Waals surface area (Å²) in [6.45, 7) is 1.66. The van der Waals surface area contributed by atoms with Crippen molar-refractivity contribution >= 4 is 33.3 Å². The maximum atomic E-state index is 13.8. The molecule has 0 saturated carbocycles. The van der Waals surface area contributed by atoms with E-state index in [9.17, 15) is 18.0 Å². The molecule has 2 amide bonds. The van der Waals surface area contributed by atoms with Gasteiger partial charge in [-0.2, -0.15) is 0 Å². The summed E-state index contributed by atoms with van der Waals surface area (Å²) in [5.74, 6) is -1.47. The normalized spacial score (nSPS) is 16.8. The molecule has 1 aliphatic heterocycles. The molecule has 0 bridgehead atoms. The van der Waals surface area contributed by atoms with E-state index < -0.39 is 44.2 Å². The van der Waals surface area contributed by atoms with E-state index in [2.05, 4.69) is 5.32 Å². The van der Waals surface area contributed by atoms with Crippen molar-refractivity contribution < 1.29 is 22.7 Å².